The van der Waals surface area contributed by atoms with Crippen molar-refractivity contribution < 1.29 is 9.32 Å². The quantitative estimate of drug-likeness (QED) is 0.410. The van der Waals surface area contributed by atoms with E-state index >= 15 is 0 Å². The predicted octanol–water partition coefficient (Wildman–Crippen LogP) is 4.81. The second kappa shape index (κ2) is 7.62. The number of hydrogen-bond donors (Lipinski definition) is 1. The third kappa shape index (κ3) is 3.41. The average molecular weight is 428 g/mol. The molecule has 0 spiro atoms. The largest absolute Gasteiger partial charge is 0.382 e. The molecule has 2 aromatic carbocycles. The molecule has 3 heterocycles. The van der Waals surface area contributed by atoms with Crippen LogP contribution in [-0.4, -0.2) is 25.9 Å². The number of halogens is 1. The number of anilines is 1. The molecule has 0 radical (unpaired) electrons. The Hall–Kier alpha value is -4.10. The summed E-state index contributed by atoms with van der Waals surface area (Å²) >= 11 is 6.50. The van der Waals surface area contributed by atoms with Crippen molar-refractivity contribution in [2.75, 3.05) is 5.73 Å². The number of aromatic nitrogens is 4. The number of hydrogen-bond acceptors (Lipinski definition) is 7. The van der Waals surface area contributed by atoms with Crippen LogP contribution in [0.2, 0.25) is 5.02 Å². The van der Waals surface area contributed by atoms with E-state index in [1.54, 1.807) is 12.3 Å². The first-order valence-electron chi connectivity index (χ1n) is 9.34. The highest BCUT2D eigenvalue weighted by atomic mass is 35.5. The molecule has 0 aliphatic heterocycles. The van der Waals surface area contributed by atoms with Crippen molar-refractivity contribution in [2.24, 2.45) is 0 Å². The van der Waals surface area contributed by atoms with Crippen molar-refractivity contribution in [1.29, 1.82) is 0 Å². The number of ketones is 1. The van der Waals surface area contributed by atoms with Crippen molar-refractivity contribution in [2.45, 2.75) is 0 Å². The molecule has 7 nitrogen and oxygen atoms in total. The lowest BCUT2D eigenvalue weighted by Gasteiger charge is -2.13. The maximum absolute atomic E-state index is 12.9. The van der Waals surface area contributed by atoms with E-state index in [1.807, 2.05) is 48.5 Å². The molecule has 0 bridgehead atoms. The van der Waals surface area contributed by atoms with E-state index in [2.05, 4.69) is 20.1 Å². The molecule has 31 heavy (non-hydrogen) atoms. The SMILES string of the molecule is Nc1nc(-c2ccccc2)c(-c2cc(Cl)c3ncccc3c2)nc1C(=O)c1ccon1. The molecule has 0 aliphatic rings. The molecule has 150 valence electrons. The van der Waals surface area contributed by atoms with Crippen LogP contribution in [0, 0.1) is 0 Å². The van der Waals surface area contributed by atoms with Crippen LogP contribution >= 0.6 is 11.6 Å². The van der Waals surface area contributed by atoms with Gasteiger partial charge in [-0.1, -0.05) is 53.2 Å². The summed E-state index contributed by atoms with van der Waals surface area (Å²) in [7, 11) is 0. The second-order valence-corrected chi connectivity index (χ2v) is 7.17. The van der Waals surface area contributed by atoms with E-state index in [4.69, 9.17) is 21.9 Å². The van der Waals surface area contributed by atoms with E-state index in [1.165, 1.54) is 12.3 Å². The summed E-state index contributed by atoms with van der Waals surface area (Å²) in [5.41, 5.74) is 9.41. The number of rotatable bonds is 4. The van der Waals surface area contributed by atoms with Gasteiger partial charge in [-0.15, -0.1) is 0 Å². The third-order valence-corrected chi connectivity index (χ3v) is 5.08. The van der Waals surface area contributed by atoms with Gasteiger partial charge in [-0.25, -0.2) is 9.97 Å². The van der Waals surface area contributed by atoms with Crippen LogP contribution in [0.1, 0.15) is 16.2 Å². The average Bonchev–Trinajstić information content (AvgIpc) is 3.34. The lowest BCUT2D eigenvalue weighted by atomic mass is 10.0. The van der Waals surface area contributed by atoms with Crippen LogP contribution in [0.3, 0.4) is 0 Å². The van der Waals surface area contributed by atoms with Crippen molar-refractivity contribution in [3.05, 3.63) is 89.5 Å². The van der Waals surface area contributed by atoms with Crippen molar-refractivity contribution >= 4 is 34.1 Å². The molecule has 0 unspecified atom stereocenters. The molecule has 5 rings (SSSR count). The lowest BCUT2D eigenvalue weighted by Crippen LogP contribution is -2.12. The zero-order valence-electron chi connectivity index (χ0n) is 16.0. The van der Waals surface area contributed by atoms with Gasteiger partial charge in [-0.05, 0) is 18.2 Å². The Balaban J connectivity index is 1.78. The summed E-state index contributed by atoms with van der Waals surface area (Å²) in [5.74, 6) is -0.475. The summed E-state index contributed by atoms with van der Waals surface area (Å²) in [6, 6.07) is 18.3. The fourth-order valence-corrected chi connectivity index (χ4v) is 3.63. The first-order valence-corrected chi connectivity index (χ1v) is 9.72. The fourth-order valence-electron chi connectivity index (χ4n) is 3.35. The standard InChI is InChI=1S/C23H14ClN5O2/c24-16-12-15(11-14-7-4-9-26-18(14)16)20-19(13-5-2-1-3-6-13)28-23(25)21(27-20)22(30)17-8-10-31-29-17/h1-12H,(H2,25,28). The summed E-state index contributed by atoms with van der Waals surface area (Å²) in [6.45, 7) is 0. The van der Waals surface area contributed by atoms with Crippen molar-refractivity contribution in [3.63, 3.8) is 0 Å². The Bertz CT molecular complexity index is 1420. The second-order valence-electron chi connectivity index (χ2n) is 6.77. The number of benzene rings is 2. The van der Waals surface area contributed by atoms with E-state index in [0.29, 0.717) is 27.5 Å². The van der Waals surface area contributed by atoms with Gasteiger partial charge in [0.1, 0.15) is 6.26 Å². The van der Waals surface area contributed by atoms with Gasteiger partial charge in [0.15, 0.2) is 17.2 Å². The maximum atomic E-state index is 12.9. The molecular formula is C23H14ClN5O2. The van der Waals surface area contributed by atoms with Gasteiger partial charge in [0, 0.05) is 28.8 Å². The molecule has 3 aromatic heterocycles. The van der Waals surface area contributed by atoms with Gasteiger partial charge in [0.05, 0.1) is 21.9 Å². The van der Waals surface area contributed by atoms with Gasteiger partial charge < -0.3 is 10.3 Å². The minimum atomic E-state index is -0.479. The molecule has 5 aromatic rings. The van der Waals surface area contributed by atoms with E-state index in [-0.39, 0.29) is 17.2 Å². The van der Waals surface area contributed by atoms with Gasteiger partial charge in [0.2, 0.25) is 5.78 Å². The Morgan fingerprint density at radius 2 is 1.74 bits per heavy atom. The lowest BCUT2D eigenvalue weighted by molar-refractivity contribution is 0.102. The van der Waals surface area contributed by atoms with Crippen LogP contribution < -0.4 is 5.73 Å². The topological polar surface area (TPSA) is 108 Å². The Kier molecular flexibility index (Phi) is 4.65. The minimum Gasteiger partial charge on any atom is -0.382 e. The number of pyridine rings is 1. The number of carbonyl (C=O) groups excluding carboxylic acids is 1. The molecule has 0 fully saturated rings. The molecule has 0 amide bonds. The van der Waals surface area contributed by atoms with Crippen molar-refractivity contribution in [1.82, 2.24) is 20.1 Å². The van der Waals surface area contributed by atoms with E-state index in [0.717, 1.165) is 10.9 Å². The fraction of sp³-hybridized carbons (Fsp3) is 0. The Morgan fingerprint density at radius 1 is 0.935 bits per heavy atom. The van der Waals surface area contributed by atoms with Crippen LogP contribution in [0.25, 0.3) is 33.4 Å². The minimum absolute atomic E-state index is 0.00385. The third-order valence-electron chi connectivity index (χ3n) is 4.79. The van der Waals surface area contributed by atoms with Gasteiger partial charge in [0.25, 0.3) is 0 Å². The molecule has 0 aliphatic carbocycles. The molecule has 0 saturated carbocycles. The monoisotopic (exact) mass is 427 g/mol. The highest BCUT2D eigenvalue weighted by molar-refractivity contribution is 6.35. The molecule has 0 saturated heterocycles. The first-order chi connectivity index (χ1) is 15.1. The first kappa shape index (κ1) is 18.9. The van der Waals surface area contributed by atoms with Crippen LogP contribution in [0.5, 0.6) is 0 Å². The number of nitrogens with two attached hydrogens (primary N) is 1. The maximum Gasteiger partial charge on any atom is 0.237 e. The van der Waals surface area contributed by atoms with E-state index in [9.17, 15) is 4.79 Å². The van der Waals surface area contributed by atoms with Crippen LogP contribution in [0.4, 0.5) is 5.82 Å². The summed E-state index contributed by atoms with van der Waals surface area (Å²) < 4.78 is 4.78. The predicted molar refractivity (Wildman–Crippen MR) is 118 cm³/mol. The normalized spacial score (nSPS) is 11.0. The Labute approximate surface area is 181 Å². The highest BCUT2D eigenvalue weighted by Gasteiger charge is 2.23. The zero-order valence-corrected chi connectivity index (χ0v) is 16.7. The molecular weight excluding hydrogens is 414 g/mol. The van der Waals surface area contributed by atoms with Gasteiger partial charge >= 0.3 is 0 Å². The summed E-state index contributed by atoms with van der Waals surface area (Å²) in [4.78, 5) is 26.4. The molecule has 8 heteroatoms. The van der Waals surface area contributed by atoms with Crippen LogP contribution in [-0.2, 0) is 0 Å². The zero-order chi connectivity index (χ0) is 21.4. The number of carbonyl (C=O) groups is 1. The summed E-state index contributed by atoms with van der Waals surface area (Å²) in [5, 5.41) is 5.00. The smallest absolute Gasteiger partial charge is 0.237 e. The number of nitrogens with zero attached hydrogens (tertiary/aromatic N) is 4. The van der Waals surface area contributed by atoms with Gasteiger partial charge in [-0.3, -0.25) is 9.78 Å². The van der Waals surface area contributed by atoms with E-state index < -0.39 is 5.78 Å². The van der Waals surface area contributed by atoms with Crippen LogP contribution in [0.15, 0.2) is 77.6 Å². The highest BCUT2D eigenvalue weighted by Crippen LogP contribution is 2.35. The number of fused-ring (bicyclic) bond motifs is 1. The van der Waals surface area contributed by atoms with Crippen molar-refractivity contribution in [3.8, 4) is 22.5 Å². The Morgan fingerprint density at radius 3 is 2.52 bits per heavy atom. The summed E-state index contributed by atoms with van der Waals surface area (Å²) in [6.07, 6.45) is 2.99. The molecule has 0 atom stereocenters. The molecule has 2 N–H and O–H groups in total. The number of nitrogen functional groups attached to an aromatic ring is 1. The van der Waals surface area contributed by atoms with Gasteiger partial charge in [-0.2, -0.15) is 0 Å².